The van der Waals surface area contributed by atoms with Crippen LogP contribution in [0.3, 0.4) is 0 Å². The molecule has 2 fully saturated rings. The van der Waals surface area contributed by atoms with Crippen molar-refractivity contribution in [2.75, 3.05) is 32.7 Å². The molecule has 1 aromatic rings. The second-order valence-corrected chi connectivity index (χ2v) is 7.07. The highest BCUT2D eigenvalue weighted by Gasteiger charge is 2.53. The highest BCUT2D eigenvalue weighted by molar-refractivity contribution is 6.30. The fraction of sp³-hybridized carbons (Fsp3) is 0.588. The zero-order chi connectivity index (χ0) is 17.4. The normalized spacial score (nSPS) is 21.4. The van der Waals surface area contributed by atoms with Crippen LogP contribution in [0.15, 0.2) is 24.3 Å². The van der Waals surface area contributed by atoms with Crippen molar-refractivity contribution in [2.24, 2.45) is 0 Å². The number of nitrogens with zero attached hydrogens (tertiary/aromatic N) is 2. The number of amides is 1. The third-order valence-corrected chi connectivity index (χ3v) is 5.05. The van der Waals surface area contributed by atoms with Crippen LogP contribution in [0.1, 0.15) is 24.8 Å². The van der Waals surface area contributed by atoms with Gasteiger partial charge in [-0.05, 0) is 37.0 Å². The van der Waals surface area contributed by atoms with Crippen LogP contribution in [0.5, 0.6) is 0 Å². The van der Waals surface area contributed by atoms with E-state index in [9.17, 15) is 18.0 Å². The second-order valence-electron chi connectivity index (χ2n) is 6.63. The van der Waals surface area contributed by atoms with Crippen molar-refractivity contribution in [1.82, 2.24) is 9.80 Å². The van der Waals surface area contributed by atoms with E-state index in [-0.39, 0.29) is 12.5 Å². The number of hydrogen-bond donors (Lipinski definition) is 0. The average Bonchev–Trinajstić information content (AvgIpc) is 3.30. The van der Waals surface area contributed by atoms with Gasteiger partial charge in [0.05, 0.1) is 12.0 Å². The lowest BCUT2D eigenvalue weighted by atomic mass is 9.94. The Morgan fingerprint density at radius 2 is 1.92 bits per heavy atom. The predicted octanol–water partition coefficient (Wildman–Crippen LogP) is 3.47. The average molecular weight is 361 g/mol. The molecule has 1 saturated carbocycles. The maximum absolute atomic E-state index is 13.0. The van der Waals surface area contributed by atoms with Crippen molar-refractivity contribution < 1.29 is 18.0 Å². The summed E-state index contributed by atoms with van der Waals surface area (Å²) < 4.78 is 37.7. The van der Waals surface area contributed by atoms with Crippen molar-refractivity contribution in [1.29, 1.82) is 0 Å². The summed E-state index contributed by atoms with van der Waals surface area (Å²) in [5, 5.41) is 0.596. The largest absolute Gasteiger partial charge is 0.401 e. The van der Waals surface area contributed by atoms with Gasteiger partial charge in [-0.1, -0.05) is 23.7 Å². The van der Waals surface area contributed by atoms with Crippen LogP contribution in [0, 0.1) is 0 Å². The summed E-state index contributed by atoms with van der Waals surface area (Å²) in [7, 11) is 0. The Bertz CT molecular complexity index is 616. The van der Waals surface area contributed by atoms with Crippen LogP contribution in [0.25, 0.3) is 0 Å². The van der Waals surface area contributed by atoms with Crippen LogP contribution < -0.4 is 0 Å². The summed E-state index contributed by atoms with van der Waals surface area (Å²) in [5.41, 5.74) is 0.390. The van der Waals surface area contributed by atoms with Crippen molar-refractivity contribution in [2.45, 2.75) is 30.9 Å². The Kier molecular flexibility index (Phi) is 4.80. The van der Waals surface area contributed by atoms with Gasteiger partial charge in [0.25, 0.3) is 0 Å². The maximum atomic E-state index is 13.0. The number of rotatable bonds is 3. The monoisotopic (exact) mass is 360 g/mol. The maximum Gasteiger partial charge on any atom is 0.401 e. The first kappa shape index (κ1) is 17.5. The van der Waals surface area contributed by atoms with E-state index in [1.165, 1.54) is 4.90 Å². The highest BCUT2D eigenvalue weighted by atomic mass is 35.5. The number of benzene rings is 1. The quantitative estimate of drug-likeness (QED) is 0.824. The molecule has 132 valence electrons. The van der Waals surface area contributed by atoms with Gasteiger partial charge in [0, 0.05) is 31.2 Å². The lowest BCUT2D eigenvalue weighted by molar-refractivity contribution is -0.145. The van der Waals surface area contributed by atoms with E-state index >= 15 is 0 Å². The molecule has 0 unspecified atom stereocenters. The fourth-order valence-electron chi connectivity index (χ4n) is 3.43. The van der Waals surface area contributed by atoms with Gasteiger partial charge in [0.1, 0.15) is 0 Å². The molecule has 24 heavy (non-hydrogen) atoms. The molecule has 0 aromatic heterocycles. The standard InChI is InChI=1S/C17H20ClF3N2O/c18-14-4-1-3-13(11-14)16(5-6-16)15(24)23-8-2-7-22(9-10-23)12-17(19,20)21/h1,3-4,11H,2,5-10,12H2. The lowest BCUT2D eigenvalue weighted by Gasteiger charge is -2.27. The minimum absolute atomic E-state index is 0.0265. The van der Waals surface area contributed by atoms with Crippen LogP contribution in [0.2, 0.25) is 5.02 Å². The molecule has 3 rings (SSSR count). The van der Waals surface area contributed by atoms with E-state index < -0.39 is 18.1 Å². The topological polar surface area (TPSA) is 23.6 Å². The van der Waals surface area contributed by atoms with Crippen molar-refractivity contribution in [3.63, 3.8) is 0 Å². The zero-order valence-electron chi connectivity index (χ0n) is 13.3. The van der Waals surface area contributed by atoms with Gasteiger partial charge in [0.2, 0.25) is 5.91 Å². The molecule has 7 heteroatoms. The lowest BCUT2D eigenvalue weighted by Crippen LogP contribution is -2.42. The van der Waals surface area contributed by atoms with E-state index in [0.717, 1.165) is 18.4 Å². The molecule has 1 aliphatic heterocycles. The third-order valence-electron chi connectivity index (χ3n) is 4.82. The van der Waals surface area contributed by atoms with Crippen LogP contribution in [-0.2, 0) is 10.2 Å². The molecule has 2 aliphatic rings. The molecule has 1 saturated heterocycles. The molecule has 0 bridgehead atoms. The predicted molar refractivity (Wildman–Crippen MR) is 86.1 cm³/mol. The first-order valence-electron chi connectivity index (χ1n) is 8.15. The van der Waals surface area contributed by atoms with Crippen LogP contribution in [-0.4, -0.2) is 54.6 Å². The summed E-state index contributed by atoms with van der Waals surface area (Å²) in [4.78, 5) is 16.1. The van der Waals surface area contributed by atoms with E-state index in [0.29, 0.717) is 31.1 Å². The van der Waals surface area contributed by atoms with Gasteiger partial charge in [-0.25, -0.2) is 0 Å². The molecule has 1 aromatic carbocycles. The van der Waals surface area contributed by atoms with Crippen LogP contribution >= 0.6 is 11.6 Å². The highest BCUT2D eigenvalue weighted by Crippen LogP contribution is 2.50. The van der Waals surface area contributed by atoms with Gasteiger partial charge in [-0.2, -0.15) is 13.2 Å². The summed E-state index contributed by atoms with van der Waals surface area (Å²) in [6.07, 6.45) is -2.09. The molecule has 0 N–H and O–H groups in total. The minimum Gasteiger partial charge on any atom is -0.341 e. The van der Waals surface area contributed by atoms with Gasteiger partial charge < -0.3 is 4.90 Å². The summed E-state index contributed by atoms with van der Waals surface area (Å²) >= 11 is 6.04. The smallest absolute Gasteiger partial charge is 0.341 e. The molecule has 0 atom stereocenters. The number of carbonyl (C=O) groups is 1. The van der Waals surface area contributed by atoms with Crippen molar-refractivity contribution in [3.05, 3.63) is 34.9 Å². The number of hydrogen-bond acceptors (Lipinski definition) is 2. The first-order valence-corrected chi connectivity index (χ1v) is 8.52. The summed E-state index contributed by atoms with van der Waals surface area (Å²) in [6, 6.07) is 7.33. The first-order chi connectivity index (χ1) is 11.3. The number of halogens is 4. The molecule has 1 heterocycles. The van der Waals surface area contributed by atoms with E-state index in [1.54, 1.807) is 11.0 Å². The molecule has 1 amide bonds. The molecule has 1 aliphatic carbocycles. The fourth-order valence-corrected chi connectivity index (χ4v) is 3.62. The summed E-state index contributed by atoms with van der Waals surface area (Å²) in [5.74, 6) is 0.0265. The third kappa shape index (κ3) is 3.86. The Hall–Kier alpha value is -1.27. The van der Waals surface area contributed by atoms with Gasteiger partial charge >= 0.3 is 6.18 Å². The minimum atomic E-state index is -4.20. The second kappa shape index (κ2) is 6.56. The molecule has 0 radical (unpaired) electrons. The Balaban J connectivity index is 1.67. The van der Waals surface area contributed by atoms with Gasteiger partial charge in [-0.3, -0.25) is 9.69 Å². The van der Waals surface area contributed by atoms with Crippen molar-refractivity contribution >= 4 is 17.5 Å². The Morgan fingerprint density at radius 1 is 1.17 bits per heavy atom. The Labute approximate surface area is 144 Å². The summed E-state index contributed by atoms with van der Waals surface area (Å²) in [6.45, 7) is 0.575. The van der Waals surface area contributed by atoms with Gasteiger partial charge in [0.15, 0.2) is 0 Å². The molecular weight excluding hydrogens is 341 g/mol. The Morgan fingerprint density at radius 3 is 2.54 bits per heavy atom. The molecule has 0 spiro atoms. The van der Waals surface area contributed by atoms with Crippen molar-refractivity contribution in [3.8, 4) is 0 Å². The number of alkyl halides is 3. The van der Waals surface area contributed by atoms with E-state index in [1.807, 2.05) is 18.2 Å². The van der Waals surface area contributed by atoms with E-state index in [4.69, 9.17) is 11.6 Å². The van der Waals surface area contributed by atoms with E-state index in [2.05, 4.69) is 0 Å². The van der Waals surface area contributed by atoms with Gasteiger partial charge in [-0.15, -0.1) is 0 Å². The van der Waals surface area contributed by atoms with Crippen LogP contribution in [0.4, 0.5) is 13.2 Å². The molecule has 3 nitrogen and oxygen atoms in total. The zero-order valence-corrected chi connectivity index (χ0v) is 14.0. The molecular formula is C17H20ClF3N2O. The number of carbonyl (C=O) groups excluding carboxylic acids is 1. The SMILES string of the molecule is O=C(N1CCCN(CC(F)(F)F)CC1)C1(c2cccc(Cl)c2)CC1.